The smallest absolute Gasteiger partial charge is 0.272 e. The van der Waals surface area contributed by atoms with Crippen LogP contribution in [-0.4, -0.2) is 51.8 Å². The lowest BCUT2D eigenvalue weighted by Crippen LogP contribution is -2.48. The van der Waals surface area contributed by atoms with Crippen molar-refractivity contribution in [3.63, 3.8) is 0 Å². The average Bonchev–Trinajstić information content (AvgIpc) is 3.15. The van der Waals surface area contributed by atoms with Gasteiger partial charge in [0.1, 0.15) is 5.69 Å². The van der Waals surface area contributed by atoms with Gasteiger partial charge < -0.3 is 9.80 Å². The number of hydrogen-bond acceptors (Lipinski definition) is 4. The van der Waals surface area contributed by atoms with Gasteiger partial charge in [-0.2, -0.15) is 5.10 Å². The highest BCUT2D eigenvalue weighted by atomic mass is 16.2. The molecule has 0 atom stereocenters. The van der Waals surface area contributed by atoms with Crippen molar-refractivity contribution in [2.45, 2.75) is 0 Å². The molecule has 3 heterocycles. The minimum Gasteiger partial charge on any atom is -0.365 e. The molecule has 0 radical (unpaired) electrons. The number of amides is 1. The molecule has 1 fully saturated rings. The van der Waals surface area contributed by atoms with Crippen LogP contribution in [0.5, 0.6) is 0 Å². The molecule has 1 aliphatic rings. The predicted molar refractivity (Wildman–Crippen MR) is 101 cm³/mol. The average molecular weight is 347 g/mol. The molecule has 0 saturated carbocycles. The van der Waals surface area contributed by atoms with Gasteiger partial charge >= 0.3 is 0 Å². The Bertz CT molecular complexity index is 897. The van der Waals surface area contributed by atoms with Crippen LogP contribution in [0.2, 0.25) is 0 Å². The van der Waals surface area contributed by atoms with E-state index in [9.17, 15) is 4.79 Å². The van der Waals surface area contributed by atoms with Gasteiger partial charge in [-0.15, -0.1) is 0 Å². The number of carbonyl (C=O) groups excluding carboxylic acids is 1. The fourth-order valence-corrected chi connectivity index (χ4v) is 3.26. The van der Waals surface area contributed by atoms with Crippen molar-refractivity contribution in [3.8, 4) is 11.1 Å². The molecule has 0 bridgehead atoms. The van der Waals surface area contributed by atoms with E-state index < -0.39 is 0 Å². The third-order valence-corrected chi connectivity index (χ3v) is 4.71. The molecule has 6 nitrogen and oxygen atoms in total. The number of nitrogens with zero attached hydrogens (tertiary/aromatic N) is 5. The summed E-state index contributed by atoms with van der Waals surface area (Å²) in [6.45, 7) is 2.97. The van der Waals surface area contributed by atoms with Crippen LogP contribution in [0.1, 0.15) is 10.5 Å². The molecule has 2 aromatic heterocycles. The lowest BCUT2D eigenvalue weighted by atomic mass is 10.1. The summed E-state index contributed by atoms with van der Waals surface area (Å²) in [4.78, 5) is 21.3. The van der Waals surface area contributed by atoms with Crippen LogP contribution < -0.4 is 4.90 Å². The molecule has 1 amide bonds. The summed E-state index contributed by atoms with van der Waals surface area (Å²) in [6.07, 6.45) is 5.58. The van der Waals surface area contributed by atoms with Gasteiger partial charge in [-0.05, 0) is 23.3 Å². The van der Waals surface area contributed by atoms with E-state index in [0.29, 0.717) is 18.8 Å². The van der Waals surface area contributed by atoms with Crippen molar-refractivity contribution in [2.75, 3.05) is 31.1 Å². The standard InChI is InChI=1S/C20H21N5O/c1-23-15-18(14-22-23)24-9-11-25(12-10-24)20(26)19-13-17(7-8-21-19)16-5-3-2-4-6-16/h2-8,13-15H,9-12H2,1H3. The fraction of sp³-hybridized carbons (Fsp3) is 0.250. The van der Waals surface area contributed by atoms with E-state index in [1.165, 1.54) is 0 Å². The molecule has 0 unspecified atom stereocenters. The summed E-state index contributed by atoms with van der Waals surface area (Å²) in [5.74, 6) is -0.00591. The van der Waals surface area contributed by atoms with E-state index in [1.807, 2.05) is 66.8 Å². The number of pyridine rings is 1. The summed E-state index contributed by atoms with van der Waals surface area (Å²) in [6, 6.07) is 13.9. The topological polar surface area (TPSA) is 54.3 Å². The second-order valence-corrected chi connectivity index (χ2v) is 6.45. The number of aryl methyl sites for hydroxylation is 1. The summed E-state index contributed by atoms with van der Waals surface area (Å²) >= 11 is 0. The Morgan fingerprint density at radius 1 is 1.00 bits per heavy atom. The zero-order chi connectivity index (χ0) is 17.9. The van der Waals surface area contributed by atoms with Gasteiger partial charge in [0.15, 0.2) is 0 Å². The third kappa shape index (κ3) is 3.31. The third-order valence-electron chi connectivity index (χ3n) is 4.71. The Hall–Kier alpha value is -3.15. The van der Waals surface area contributed by atoms with Crippen LogP contribution >= 0.6 is 0 Å². The van der Waals surface area contributed by atoms with E-state index in [0.717, 1.165) is 29.9 Å². The molecule has 132 valence electrons. The Balaban J connectivity index is 1.45. The Labute approximate surface area is 152 Å². The fourth-order valence-electron chi connectivity index (χ4n) is 3.26. The second kappa shape index (κ2) is 7.00. The predicted octanol–water partition coefficient (Wildman–Crippen LogP) is 2.44. The monoisotopic (exact) mass is 347 g/mol. The zero-order valence-corrected chi connectivity index (χ0v) is 14.7. The zero-order valence-electron chi connectivity index (χ0n) is 14.7. The summed E-state index contributed by atoms with van der Waals surface area (Å²) < 4.78 is 1.80. The van der Waals surface area contributed by atoms with Crippen LogP contribution in [0.25, 0.3) is 11.1 Å². The molecule has 0 spiro atoms. The molecule has 6 heteroatoms. The van der Waals surface area contributed by atoms with Crippen LogP contribution in [0.4, 0.5) is 5.69 Å². The van der Waals surface area contributed by atoms with Gasteiger partial charge in [0, 0.05) is 45.6 Å². The Morgan fingerprint density at radius 2 is 1.77 bits per heavy atom. The molecule has 3 aromatic rings. The minimum absolute atomic E-state index is 0.00591. The number of rotatable bonds is 3. The SMILES string of the molecule is Cn1cc(N2CCN(C(=O)c3cc(-c4ccccc4)ccn3)CC2)cn1. The van der Waals surface area contributed by atoms with Gasteiger partial charge in [0.25, 0.3) is 5.91 Å². The van der Waals surface area contributed by atoms with Gasteiger partial charge in [-0.3, -0.25) is 14.5 Å². The second-order valence-electron chi connectivity index (χ2n) is 6.45. The van der Waals surface area contributed by atoms with Crippen LogP contribution in [0, 0.1) is 0 Å². The molecule has 1 aromatic carbocycles. The maximum atomic E-state index is 12.9. The van der Waals surface area contributed by atoms with Crippen molar-refractivity contribution in [2.24, 2.45) is 7.05 Å². The van der Waals surface area contributed by atoms with Crippen LogP contribution in [0.15, 0.2) is 61.1 Å². The number of benzene rings is 1. The number of aromatic nitrogens is 3. The molecular formula is C20H21N5O. The summed E-state index contributed by atoms with van der Waals surface area (Å²) in [5, 5.41) is 4.22. The van der Waals surface area contributed by atoms with E-state index in [-0.39, 0.29) is 5.91 Å². The van der Waals surface area contributed by atoms with Crippen molar-refractivity contribution in [1.29, 1.82) is 0 Å². The molecule has 4 rings (SSSR count). The normalized spacial score (nSPS) is 14.5. The van der Waals surface area contributed by atoms with Gasteiger partial charge in [0.05, 0.1) is 11.9 Å². The van der Waals surface area contributed by atoms with Crippen molar-refractivity contribution in [1.82, 2.24) is 19.7 Å². The quantitative estimate of drug-likeness (QED) is 0.730. The first kappa shape index (κ1) is 16.3. The molecule has 0 aliphatic carbocycles. The number of hydrogen-bond donors (Lipinski definition) is 0. The van der Waals surface area contributed by atoms with Crippen LogP contribution in [0.3, 0.4) is 0 Å². The Kier molecular flexibility index (Phi) is 4.39. The van der Waals surface area contributed by atoms with E-state index in [1.54, 1.807) is 10.9 Å². The van der Waals surface area contributed by atoms with Crippen molar-refractivity contribution < 1.29 is 4.79 Å². The lowest BCUT2D eigenvalue weighted by Gasteiger charge is -2.35. The van der Waals surface area contributed by atoms with Gasteiger partial charge in [0.2, 0.25) is 0 Å². The highest BCUT2D eigenvalue weighted by Gasteiger charge is 2.23. The number of piperazine rings is 1. The summed E-state index contributed by atoms with van der Waals surface area (Å²) in [7, 11) is 1.91. The van der Waals surface area contributed by atoms with E-state index in [4.69, 9.17) is 0 Å². The van der Waals surface area contributed by atoms with Gasteiger partial charge in [-0.25, -0.2) is 0 Å². The largest absolute Gasteiger partial charge is 0.365 e. The van der Waals surface area contributed by atoms with E-state index in [2.05, 4.69) is 15.0 Å². The molecule has 26 heavy (non-hydrogen) atoms. The molecule has 0 N–H and O–H groups in total. The van der Waals surface area contributed by atoms with Gasteiger partial charge in [-0.1, -0.05) is 30.3 Å². The van der Waals surface area contributed by atoms with Crippen molar-refractivity contribution >= 4 is 11.6 Å². The van der Waals surface area contributed by atoms with Crippen molar-refractivity contribution in [3.05, 3.63) is 66.7 Å². The lowest BCUT2D eigenvalue weighted by molar-refractivity contribution is 0.0741. The molecular weight excluding hydrogens is 326 g/mol. The van der Waals surface area contributed by atoms with Crippen LogP contribution in [-0.2, 0) is 7.05 Å². The number of carbonyl (C=O) groups is 1. The first-order chi connectivity index (χ1) is 12.7. The Morgan fingerprint density at radius 3 is 2.46 bits per heavy atom. The number of anilines is 1. The first-order valence-electron chi connectivity index (χ1n) is 8.75. The maximum Gasteiger partial charge on any atom is 0.272 e. The molecule has 1 saturated heterocycles. The minimum atomic E-state index is -0.00591. The molecule has 1 aliphatic heterocycles. The van der Waals surface area contributed by atoms with E-state index >= 15 is 0 Å². The highest BCUT2D eigenvalue weighted by molar-refractivity contribution is 5.93. The summed E-state index contributed by atoms with van der Waals surface area (Å²) in [5.41, 5.74) is 3.70. The highest BCUT2D eigenvalue weighted by Crippen LogP contribution is 2.20. The first-order valence-corrected chi connectivity index (χ1v) is 8.75. The maximum absolute atomic E-state index is 12.9.